The minimum atomic E-state index is -0.129. The number of aliphatic hydroxyl groups is 1. The molecule has 1 saturated heterocycles. The normalized spacial score (nSPS) is 18.6. The molecule has 0 amide bonds. The van der Waals surface area contributed by atoms with Gasteiger partial charge in [0.2, 0.25) is 0 Å². The van der Waals surface area contributed by atoms with Crippen molar-refractivity contribution in [3.8, 4) is 6.07 Å². The van der Waals surface area contributed by atoms with Gasteiger partial charge in [-0.15, -0.1) is 0 Å². The number of rotatable bonds is 6. The van der Waals surface area contributed by atoms with Crippen LogP contribution in [0.25, 0.3) is 0 Å². The van der Waals surface area contributed by atoms with E-state index in [2.05, 4.69) is 15.9 Å². The Labute approximate surface area is 121 Å². The van der Waals surface area contributed by atoms with E-state index < -0.39 is 0 Å². The number of hydrogen-bond acceptors (Lipinski definition) is 4. The molecule has 1 N–H and O–H groups in total. The number of hydrogen-bond donors (Lipinski definition) is 1. The molecule has 0 saturated carbocycles. The first kappa shape index (κ1) is 15.0. The van der Waals surface area contributed by atoms with Gasteiger partial charge in [-0.05, 0) is 24.9 Å². The monoisotopic (exact) mass is 273 g/mol. The van der Waals surface area contributed by atoms with Crippen LogP contribution >= 0.6 is 0 Å². The summed E-state index contributed by atoms with van der Waals surface area (Å²) in [5.74, 6) is 0. The summed E-state index contributed by atoms with van der Waals surface area (Å²) in [5.41, 5.74) is 1.09. The molecule has 0 aliphatic carbocycles. The van der Waals surface area contributed by atoms with Crippen LogP contribution in [0, 0.1) is 11.3 Å². The summed E-state index contributed by atoms with van der Waals surface area (Å²) in [5, 5.41) is 18.2. The molecule has 1 aromatic carbocycles. The summed E-state index contributed by atoms with van der Waals surface area (Å²) in [4.78, 5) is 4.68. The lowest BCUT2D eigenvalue weighted by Gasteiger charge is -2.37. The molecule has 0 spiro atoms. The van der Waals surface area contributed by atoms with Crippen LogP contribution in [0.4, 0.5) is 0 Å². The molecule has 0 radical (unpaired) electrons. The second-order valence-corrected chi connectivity index (χ2v) is 5.25. The zero-order valence-corrected chi connectivity index (χ0v) is 11.9. The van der Waals surface area contributed by atoms with Crippen LogP contribution in [0.2, 0.25) is 0 Å². The summed E-state index contributed by atoms with van der Waals surface area (Å²) in [7, 11) is 0. The summed E-state index contributed by atoms with van der Waals surface area (Å²) in [6.45, 7) is 5.23. The number of unbranched alkanes of at least 4 members (excludes halogenated alkanes) is 1. The molecular formula is C16H23N3O. The zero-order chi connectivity index (χ0) is 14.2. The Balaban J connectivity index is 1.85. The van der Waals surface area contributed by atoms with Crippen molar-refractivity contribution in [2.75, 3.05) is 39.3 Å². The first-order chi connectivity index (χ1) is 9.85. The van der Waals surface area contributed by atoms with Gasteiger partial charge >= 0.3 is 0 Å². The van der Waals surface area contributed by atoms with Crippen LogP contribution in [-0.2, 0) is 0 Å². The van der Waals surface area contributed by atoms with E-state index >= 15 is 0 Å². The van der Waals surface area contributed by atoms with Gasteiger partial charge in [0.05, 0.1) is 6.07 Å². The summed E-state index contributed by atoms with van der Waals surface area (Å²) in [6.07, 6.45) is 1.93. The van der Waals surface area contributed by atoms with Gasteiger partial charge in [-0.2, -0.15) is 5.26 Å². The lowest BCUT2D eigenvalue weighted by molar-refractivity contribution is 0.111. The fourth-order valence-electron chi connectivity index (χ4n) is 2.69. The molecule has 4 nitrogen and oxygen atoms in total. The third-order valence-corrected chi connectivity index (χ3v) is 3.89. The summed E-state index contributed by atoms with van der Waals surface area (Å²) >= 11 is 0. The Morgan fingerprint density at radius 2 is 1.80 bits per heavy atom. The van der Waals surface area contributed by atoms with Crippen LogP contribution in [-0.4, -0.2) is 54.2 Å². The highest BCUT2D eigenvalue weighted by atomic mass is 16.2. The molecule has 1 atom stereocenters. The van der Waals surface area contributed by atoms with Crippen molar-refractivity contribution in [2.45, 2.75) is 18.9 Å². The maximum Gasteiger partial charge on any atom is 0.123 e. The van der Waals surface area contributed by atoms with E-state index in [4.69, 9.17) is 5.11 Å². The molecule has 1 unspecified atom stereocenters. The van der Waals surface area contributed by atoms with E-state index in [0.29, 0.717) is 0 Å². The quantitative estimate of drug-likeness (QED) is 0.801. The average molecular weight is 273 g/mol. The fourth-order valence-corrected chi connectivity index (χ4v) is 2.69. The molecule has 2 rings (SSSR count). The van der Waals surface area contributed by atoms with Crippen LogP contribution in [0.1, 0.15) is 24.4 Å². The van der Waals surface area contributed by atoms with Crippen LogP contribution in [0.15, 0.2) is 30.3 Å². The van der Waals surface area contributed by atoms with E-state index in [1.54, 1.807) is 0 Å². The van der Waals surface area contributed by atoms with Gasteiger partial charge in [-0.3, -0.25) is 4.90 Å². The maximum absolute atomic E-state index is 9.44. The predicted octanol–water partition coefficient (Wildman–Crippen LogP) is 1.64. The Kier molecular flexibility index (Phi) is 6.00. The van der Waals surface area contributed by atoms with Crippen molar-refractivity contribution in [3.63, 3.8) is 0 Å². The Morgan fingerprint density at radius 1 is 1.10 bits per heavy atom. The minimum absolute atomic E-state index is 0.129. The minimum Gasteiger partial charge on any atom is -0.396 e. The third-order valence-electron chi connectivity index (χ3n) is 3.89. The van der Waals surface area contributed by atoms with E-state index in [1.165, 1.54) is 0 Å². The van der Waals surface area contributed by atoms with Gasteiger partial charge in [-0.1, -0.05) is 30.3 Å². The van der Waals surface area contributed by atoms with Crippen molar-refractivity contribution in [3.05, 3.63) is 35.9 Å². The number of aliphatic hydroxyl groups excluding tert-OH is 1. The molecule has 1 heterocycles. The van der Waals surface area contributed by atoms with Gasteiger partial charge in [0, 0.05) is 32.8 Å². The van der Waals surface area contributed by atoms with Gasteiger partial charge in [-0.25, -0.2) is 0 Å². The first-order valence-corrected chi connectivity index (χ1v) is 7.37. The lowest BCUT2D eigenvalue weighted by atomic mass is 10.1. The largest absolute Gasteiger partial charge is 0.396 e. The Morgan fingerprint density at radius 3 is 2.40 bits per heavy atom. The summed E-state index contributed by atoms with van der Waals surface area (Å²) < 4.78 is 0. The number of piperazine rings is 1. The van der Waals surface area contributed by atoms with Crippen molar-refractivity contribution >= 4 is 0 Å². The molecule has 0 aromatic heterocycles. The smallest absolute Gasteiger partial charge is 0.123 e. The molecular weight excluding hydrogens is 250 g/mol. The standard InChI is InChI=1S/C16H23N3O/c17-14-16(15-6-2-1-3-7-15)19-11-9-18(10-12-19)8-4-5-13-20/h1-3,6-7,16,20H,4-5,8-13H2. The Hall–Kier alpha value is -1.41. The van der Waals surface area contributed by atoms with Crippen molar-refractivity contribution in [1.82, 2.24) is 9.80 Å². The number of nitrogens with zero attached hydrogens (tertiary/aromatic N) is 3. The highest BCUT2D eigenvalue weighted by Gasteiger charge is 2.24. The van der Waals surface area contributed by atoms with E-state index in [-0.39, 0.29) is 12.6 Å². The van der Waals surface area contributed by atoms with Gasteiger partial charge in [0.1, 0.15) is 6.04 Å². The second-order valence-electron chi connectivity index (χ2n) is 5.25. The molecule has 20 heavy (non-hydrogen) atoms. The van der Waals surface area contributed by atoms with Crippen LogP contribution in [0.5, 0.6) is 0 Å². The SMILES string of the molecule is N#CC(c1ccccc1)N1CCN(CCCCO)CC1. The van der Waals surface area contributed by atoms with E-state index in [0.717, 1.165) is 51.1 Å². The van der Waals surface area contributed by atoms with Crippen molar-refractivity contribution < 1.29 is 5.11 Å². The molecule has 108 valence electrons. The lowest BCUT2D eigenvalue weighted by Crippen LogP contribution is -2.47. The second kappa shape index (κ2) is 8.01. The maximum atomic E-state index is 9.44. The van der Waals surface area contributed by atoms with E-state index in [9.17, 15) is 5.26 Å². The first-order valence-electron chi connectivity index (χ1n) is 7.37. The van der Waals surface area contributed by atoms with Crippen LogP contribution in [0.3, 0.4) is 0 Å². The zero-order valence-electron chi connectivity index (χ0n) is 11.9. The Bertz CT molecular complexity index is 421. The van der Waals surface area contributed by atoms with Gasteiger partial charge < -0.3 is 10.0 Å². The van der Waals surface area contributed by atoms with Crippen molar-refractivity contribution in [2.24, 2.45) is 0 Å². The number of benzene rings is 1. The van der Waals surface area contributed by atoms with Crippen molar-refractivity contribution in [1.29, 1.82) is 5.26 Å². The topological polar surface area (TPSA) is 50.5 Å². The molecule has 1 fully saturated rings. The highest BCUT2D eigenvalue weighted by molar-refractivity contribution is 5.24. The third kappa shape index (κ3) is 4.04. The fraction of sp³-hybridized carbons (Fsp3) is 0.562. The van der Waals surface area contributed by atoms with E-state index in [1.807, 2.05) is 30.3 Å². The molecule has 4 heteroatoms. The number of nitriles is 1. The van der Waals surface area contributed by atoms with Crippen LogP contribution < -0.4 is 0 Å². The average Bonchev–Trinajstić information content (AvgIpc) is 2.51. The molecule has 1 aliphatic rings. The summed E-state index contributed by atoms with van der Waals surface area (Å²) in [6, 6.07) is 12.3. The molecule has 1 aliphatic heterocycles. The predicted molar refractivity (Wildman–Crippen MR) is 79.1 cm³/mol. The highest BCUT2D eigenvalue weighted by Crippen LogP contribution is 2.21. The van der Waals surface area contributed by atoms with Gasteiger partial charge in [0.25, 0.3) is 0 Å². The molecule has 0 bridgehead atoms. The molecule has 1 aromatic rings. The van der Waals surface area contributed by atoms with Gasteiger partial charge in [0.15, 0.2) is 0 Å².